The van der Waals surface area contributed by atoms with Crippen molar-refractivity contribution < 1.29 is 9.53 Å². The summed E-state index contributed by atoms with van der Waals surface area (Å²) in [5.74, 6) is 0. The lowest BCUT2D eigenvalue weighted by Gasteiger charge is -2.36. The first-order valence-corrected chi connectivity index (χ1v) is 10.9. The third-order valence-electron chi connectivity index (χ3n) is 5.15. The molecule has 2 aromatic carbocycles. The zero-order valence-corrected chi connectivity index (χ0v) is 18.9. The first-order valence-electron chi connectivity index (χ1n) is 10.5. The molecule has 0 radical (unpaired) electrons. The normalized spacial score (nSPS) is 17.8. The van der Waals surface area contributed by atoms with Crippen LogP contribution in [0.2, 0.25) is 5.02 Å². The molecular formula is C23H24ClN7O2. The van der Waals surface area contributed by atoms with Gasteiger partial charge in [-0.2, -0.15) is 30.0 Å². The molecule has 5 rings (SSSR count). The number of hydrogen-bond acceptors (Lipinski definition) is 6. The van der Waals surface area contributed by atoms with E-state index < -0.39 is 0 Å². The molecule has 4 aromatic rings. The van der Waals surface area contributed by atoms with Gasteiger partial charge in [-0.3, -0.25) is 4.79 Å². The van der Waals surface area contributed by atoms with Crippen molar-refractivity contribution >= 4 is 18.0 Å². The lowest BCUT2D eigenvalue weighted by molar-refractivity contribution is -0.130. The molecular weight excluding hydrogens is 442 g/mol. The Morgan fingerprint density at radius 3 is 2.24 bits per heavy atom. The van der Waals surface area contributed by atoms with Gasteiger partial charge < -0.3 is 9.64 Å². The molecule has 0 N–H and O–H groups in total. The Labute approximate surface area is 196 Å². The predicted octanol–water partition coefficient (Wildman–Crippen LogP) is 2.98. The fraction of sp³-hybridized carbons (Fsp3) is 0.261. The van der Waals surface area contributed by atoms with Gasteiger partial charge in [-0.1, -0.05) is 23.7 Å². The molecule has 1 aliphatic heterocycles. The van der Waals surface area contributed by atoms with Crippen molar-refractivity contribution in [1.82, 2.24) is 34.9 Å². The minimum absolute atomic E-state index is 0.0829. The van der Waals surface area contributed by atoms with Gasteiger partial charge in [-0.25, -0.2) is 0 Å². The van der Waals surface area contributed by atoms with Gasteiger partial charge in [-0.05, 0) is 55.3 Å². The van der Waals surface area contributed by atoms with Gasteiger partial charge in [0, 0.05) is 11.6 Å². The van der Waals surface area contributed by atoms with E-state index in [1.807, 2.05) is 48.2 Å². The highest BCUT2D eigenvalue weighted by molar-refractivity contribution is 6.30. The van der Waals surface area contributed by atoms with Crippen molar-refractivity contribution in [2.24, 2.45) is 0 Å². The summed E-state index contributed by atoms with van der Waals surface area (Å²) in [5.41, 5.74) is 2.96. The van der Waals surface area contributed by atoms with E-state index in [1.54, 1.807) is 41.7 Å². The molecule has 3 heterocycles. The largest absolute Gasteiger partial charge is 0.375 e. The smallest absolute Gasteiger partial charge is 0.210 e. The maximum Gasteiger partial charge on any atom is 0.210 e. The van der Waals surface area contributed by atoms with Crippen LogP contribution < -0.4 is 0 Å². The van der Waals surface area contributed by atoms with Gasteiger partial charge in [0.1, 0.15) is 0 Å². The number of carbonyl (C=O) groups excluding carboxylic acids is 1. The van der Waals surface area contributed by atoms with Crippen LogP contribution >= 0.6 is 11.6 Å². The van der Waals surface area contributed by atoms with Gasteiger partial charge in [0.25, 0.3) is 0 Å². The van der Waals surface area contributed by atoms with E-state index >= 15 is 0 Å². The Morgan fingerprint density at radius 2 is 1.61 bits per heavy atom. The molecule has 170 valence electrons. The summed E-state index contributed by atoms with van der Waals surface area (Å²) in [5, 5.41) is 16.9. The minimum Gasteiger partial charge on any atom is -0.375 e. The fourth-order valence-corrected chi connectivity index (χ4v) is 3.65. The van der Waals surface area contributed by atoms with Crippen molar-refractivity contribution in [3.63, 3.8) is 0 Å². The molecule has 1 saturated heterocycles. The summed E-state index contributed by atoms with van der Waals surface area (Å²) < 4.78 is 5.67. The Balaban J connectivity index is 0.000000183. The van der Waals surface area contributed by atoms with E-state index in [1.165, 1.54) is 4.80 Å². The average molecular weight is 466 g/mol. The number of halogens is 1. The molecule has 1 fully saturated rings. The Hall–Kier alpha value is -3.56. The Bertz CT molecular complexity index is 1130. The van der Waals surface area contributed by atoms with Gasteiger partial charge in [-0.15, -0.1) is 0 Å². The van der Waals surface area contributed by atoms with E-state index in [4.69, 9.17) is 16.3 Å². The Morgan fingerprint density at radius 1 is 0.970 bits per heavy atom. The van der Waals surface area contributed by atoms with Crippen LogP contribution in [-0.2, 0) is 16.0 Å². The van der Waals surface area contributed by atoms with Crippen molar-refractivity contribution in [2.45, 2.75) is 25.5 Å². The van der Waals surface area contributed by atoms with Crippen LogP contribution in [0.4, 0.5) is 0 Å². The molecule has 0 aliphatic carbocycles. The van der Waals surface area contributed by atoms with Crippen LogP contribution in [0.1, 0.15) is 12.5 Å². The molecule has 33 heavy (non-hydrogen) atoms. The van der Waals surface area contributed by atoms with Crippen LogP contribution in [0.15, 0.2) is 73.3 Å². The van der Waals surface area contributed by atoms with E-state index in [9.17, 15) is 4.79 Å². The highest BCUT2D eigenvalue weighted by atomic mass is 35.5. The number of carbonyl (C=O) groups is 1. The van der Waals surface area contributed by atoms with Gasteiger partial charge in [0.2, 0.25) is 6.41 Å². The topological polar surface area (TPSA) is 91.0 Å². The fourth-order valence-electron chi connectivity index (χ4n) is 3.53. The van der Waals surface area contributed by atoms with Crippen LogP contribution in [0, 0.1) is 0 Å². The van der Waals surface area contributed by atoms with Crippen LogP contribution in [0.25, 0.3) is 11.4 Å². The first kappa shape index (κ1) is 22.6. The molecule has 0 unspecified atom stereocenters. The quantitative estimate of drug-likeness (QED) is 0.421. The van der Waals surface area contributed by atoms with E-state index in [0.717, 1.165) is 29.8 Å². The van der Waals surface area contributed by atoms with Crippen molar-refractivity contribution in [3.05, 3.63) is 83.9 Å². The lowest BCUT2D eigenvalue weighted by atomic mass is 10.0. The number of ether oxygens (including phenoxy) is 1. The predicted molar refractivity (Wildman–Crippen MR) is 123 cm³/mol. The van der Waals surface area contributed by atoms with E-state index in [2.05, 4.69) is 20.4 Å². The molecule has 1 amide bonds. The molecule has 0 bridgehead atoms. The van der Waals surface area contributed by atoms with Gasteiger partial charge in [0.05, 0.1) is 54.9 Å². The number of aromatic nitrogens is 6. The minimum atomic E-state index is 0.0829. The molecule has 10 heteroatoms. The van der Waals surface area contributed by atoms with Crippen LogP contribution in [0.5, 0.6) is 0 Å². The molecule has 9 nitrogen and oxygen atoms in total. The van der Waals surface area contributed by atoms with E-state index in [-0.39, 0.29) is 12.1 Å². The van der Waals surface area contributed by atoms with Crippen LogP contribution in [0.3, 0.4) is 0 Å². The average Bonchev–Trinajstić information content (AvgIpc) is 3.56. The monoisotopic (exact) mass is 465 g/mol. The highest BCUT2D eigenvalue weighted by Gasteiger charge is 2.25. The van der Waals surface area contributed by atoms with Crippen molar-refractivity contribution in [2.75, 3.05) is 13.2 Å². The number of benzene rings is 2. The lowest BCUT2D eigenvalue weighted by Crippen LogP contribution is -2.48. The van der Waals surface area contributed by atoms with Crippen molar-refractivity contribution in [1.29, 1.82) is 0 Å². The maximum atomic E-state index is 11.2. The highest BCUT2D eigenvalue weighted by Crippen LogP contribution is 2.17. The second-order valence-electron chi connectivity index (χ2n) is 7.59. The van der Waals surface area contributed by atoms with Crippen molar-refractivity contribution in [3.8, 4) is 11.4 Å². The molecule has 2 atom stereocenters. The standard InChI is InChI=1S/C15H18N4O2.C8H6ClN3/c1-12-9-18(11-20)15(10-21-12)8-13-3-2-4-14(7-13)19-16-5-6-17-19;9-7-1-3-8(4-2-7)12-10-5-6-11-12/h2-7,11-12,15H,8-10H2,1H3;1-6H/t12-,15-;/m1./s1. The van der Waals surface area contributed by atoms with Crippen LogP contribution in [-0.4, -0.2) is 66.6 Å². The molecule has 1 aliphatic rings. The number of nitrogens with zero attached hydrogens (tertiary/aromatic N) is 7. The summed E-state index contributed by atoms with van der Waals surface area (Å²) in [6.07, 6.45) is 8.35. The zero-order chi connectivity index (χ0) is 23.0. The Kier molecular flexibility index (Phi) is 7.43. The summed E-state index contributed by atoms with van der Waals surface area (Å²) >= 11 is 5.72. The van der Waals surface area contributed by atoms with Gasteiger partial charge >= 0.3 is 0 Å². The maximum absolute atomic E-state index is 11.2. The molecule has 0 spiro atoms. The number of amides is 1. The summed E-state index contributed by atoms with van der Waals surface area (Å²) in [7, 11) is 0. The molecule has 0 saturated carbocycles. The summed E-state index contributed by atoms with van der Waals surface area (Å²) in [4.78, 5) is 16.2. The first-order chi connectivity index (χ1) is 16.1. The summed E-state index contributed by atoms with van der Waals surface area (Å²) in [6.45, 7) is 3.20. The van der Waals surface area contributed by atoms with E-state index in [0.29, 0.717) is 18.2 Å². The SMILES string of the molecule is C[C@@H]1CN(C=O)[C@H](Cc2cccc(-n3nccn3)c2)CO1.Clc1ccc(-n2nccn2)cc1. The number of morpholine rings is 1. The zero-order valence-electron chi connectivity index (χ0n) is 18.1. The second-order valence-corrected chi connectivity index (χ2v) is 8.02. The summed E-state index contributed by atoms with van der Waals surface area (Å²) in [6, 6.07) is 15.5. The third-order valence-corrected chi connectivity index (χ3v) is 5.41. The number of hydrogen-bond donors (Lipinski definition) is 0. The third kappa shape index (κ3) is 6.03. The number of rotatable bonds is 5. The molecule has 2 aromatic heterocycles. The second kappa shape index (κ2) is 10.8. The van der Waals surface area contributed by atoms with Gasteiger partial charge in [0.15, 0.2) is 0 Å².